The highest BCUT2D eigenvalue weighted by Crippen LogP contribution is 2.45. The van der Waals surface area contributed by atoms with Crippen LogP contribution in [0.2, 0.25) is 0 Å². The van der Waals surface area contributed by atoms with Gasteiger partial charge in [-0.2, -0.15) is 0 Å². The van der Waals surface area contributed by atoms with Gasteiger partial charge in [0, 0.05) is 36.1 Å². The molecular formula is C30H30FN5O3S. The van der Waals surface area contributed by atoms with Crippen LogP contribution in [-0.2, 0) is 9.53 Å². The number of rotatable bonds is 8. The first-order chi connectivity index (χ1) is 19.3. The second-order valence-corrected chi connectivity index (χ2v) is 9.89. The lowest BCUT2D eigenvalue weighted by Crippen LogP contribution is -2.29. The van der Waals surface area contributed by atoms with Gasteiger partial charge in [0.05, 0.1) is 30.6 Å². The zero-order valence-corrected chi connectivity index (χ0v) is 23.5. The van der Waals surface area contributed by atoms with Gasteiger partial charge in [-0.15, -0.1) is 0 Å². The van der Waals surface area contributed by atoms with Crippen molar-refractivity contribution in [1.82, 2.24) is 14.9 Å². The fraction of sp³-hybridized carbons (Fsp3) is 0.233. The Bertz CT molecular complexity index is 1540. The quantitative estimate of drug-likeness (QED) is 0.280. The highest BCUT2D eigenvalue weighted by molar-refractivity contribution is 7.80. The molecule has 2 atom stereocenters. The molecule has 1 aliphatic heterocycles. The Labute approximate surface area is 237 Å². The molecule has 3 heterocycles. The van der Waals surface area contributed by atoms with Crippen LogP contribution in [0.3, 0.4) is 0 Å². The standard InChI is InChI=1S/C30H30FN5O3S/c1-18-15-23(19(2)35(18)21-10-8-20(31)9-11-21)29-28(24-7-5-6-14-32-24)34-30(40)36(29)22-12-13-26(39-4)25(16-22)33-27(37)17-38-3/h5-16,28-29H,17H2,1-4H3,(H,33,37)(H,34,40)/t28-,29+/m0/s1. The van der Waals surface area contributed by atoms with Crippen LogP contribution in [0.4, 0.5) is 15.8 Å². The lowest BCUT2D eigenvalue weighted by atomic mass is 9.96. The summed E-state index contributed by atoms with van der Waals surface area (Å²) in [5.74, 6) is -0.0736. The summed E-state index contributed by atoms with van der Waals surface area (Å²) in [6.45, 7) is 3.99. The Balaban J connectivity index is 1.64. The SMILES string of the molecule is COCC(=O)Nc1cc(N2C(=S)N[C@@H](c3ccccn3)[C@H]2c2cc(C)n(-c3ccc(F)cc3)c2C)ccc1OC. The molecule has 0 unspecified atom stereocenters. The average molecular weight is 560 g/mol. The third-order valence-corrected chi connectivity index (χ3v) is 7.30. The van der Waals surface area contributed by atoms with E-state index in [2.05, 4.69) is 26.3 Å². The molecule has 0 bridgehead atoms. The van der Waals surface area contributed by atoms with E-state index < -0.39 is 0 Å². The van der Waals surface area contributed by atoms with Crippen molar-refractivity contribution in [3.8, 4) is 11.4 Å². The van der Waals surface area contributed by atoms with Gasteiger partial charge in [0.25, 0.3) is 0 Å². The number of ether oxygens (including phenoxy) is 2. The minimum atomic E-state index is -0.300. The number of benzene rings is 2. The van der Waals surface area contributed by atoms with Crippen LogP contribution in [0.1, 0.15) is 34.7 Å². The van der Waals surface area contributed by atoms with Gasteiger partial charge in [0.2, 0.25) is 5.91 Å². The molecule has 8 nitrogen and oxygen atoms in total. The number of hydrogen-bond donors (Lipinski definition) is 2. The summed E-state index contributed by atoms with van der Waals surface area (Å²) < 4.78 is 26.3. The molecule has 1 saturated heterocycles. The number of anilines is 2. The maximum Gasteiger partial charge on any atom is 0.250 e. The van der Waals surface area contributed by atoms with E-state index in [1.165, 1.54) is 19.2 Å². The van der Waals surface area contributed by atoms with E-state index in [0.29, 0.717) is 16.5 Å². The van der Waals surface area contributed by atoms with Crippen LogP contribution in [0.5, 0.6) is 5.75 Å². The topological polar surface area (TPSA) is 80.7 Å². The predicted octanol–water partition coefficient (Wildman–Crippen LogP) is 5.40. The van der Waals surface area contributed by atoms with Gasteiger partial charge < -0.3 is 29.6 Å². The van der Waals surface area contributed by atoms with E-state index in [9.17, 15) is 9.18 Å². The Morgan fingerprint density at radius 3 is 2.50 bits per heavy atom. The van der Waals surface area contributed by atoms with Crippen LogP contribution in [-0.4, -0.2) is 41.4 Å². The molecule has 1 amide bonds. The Kier molecular flexibility index (Phi) is 7.81. The number of pyridine rings is 1. The molecule has 0 saturated carbocycles. The number of aromatic nitrogens is 2. The summed E-state index contributed by atoms with van der Waals surface area (Å²) in [5, 5.41) is 6.86. The summed E-state index contributed by atoms with van der Waals surface area (Å²) in [7, 11) is 3.01. The summed E-state index contributed by atoms with van der Waals surface area (Å²) in [4.78, 5) is 19.0. The highest BCUT2D eigenvalue weighted by atomic mass is 32.1. The van der Waals surface area contributed by atoms with Crippen LogP contribution in [0.15, 0.2) is 72.9 Å². The van der Waals surface area contributed by atoms with Crippen LogP contribution in [0, 0.1) is 19.7 Å². The molecule has 40 heavy (non-hydrogen) atoms. The minimum Gasteiger partial charge on any atom is -0.495 e. The van der Waals surface area contributed by atoms with E-state index >= 15 is 0 Å². The minimum absolute atomic E-state index is 0.0865. The molecule has 2 aromatic heterocycles. The van der Waals surface area contributed by atoms with E-state index in [-0.39, 0.29) is 30.4 Å². The maximum absolute atomic E-state index is 13.7. The first kappa shape index (κ1) is 27.3. The van der Waals surface area contributed by atoms with E-state index in [0.717, 1.165) is 34.0 Å². The van der Waals surface area contributed by atoms with Gasteiger partial charge in [-0.25, -0.2) is 4.39 Å². The number of hydrogen-bond acceptors (Lipinski definition) is 5. The lowest BCUT2D eigenvalue weighted by Gasteiger charge is -2.29. The number of aryl methyl sites for hydroxylation is 1. The zero-order chi connectivity index (χ0) is 28.4. The second kappa shape index (κ2) is 11.4. The van der Waals surface area contributed by atoms with E-state index in [4.69, 9.17) is 21.7 Å². The number of nitrogens with zero attached hydrogens (tertiary/aromatic N) is 3. The van der Waals surface area contributed by atoms with E-state index in [1.807, 2.05) is 49.1 Å². The first-order valence-electron chi connectivity index (χ1n) is 12.7. The zero-order valence-electron chi connectivity index (χ0n) is 22.6. The highest BCUT2D eigenvalue weighted by Gasteiger charge is 2.42. The number of nitrogens with one attached hydrogen (secondary N) is 2. The normalized spacial score (nSPS) is 16.6. The molecule has 2 N–H and O–H groups in total. The van der Waals surface area contributed by atoms with Crippen molar-refractivity contribution in [3.05, 3.63) is 101 Å². The maximum atomic E-state index is 13.7. The number of halogens is 1. The molecule has 1 fully saturated rings. The fourth-order valence-corrected chi connectivity index (χ4v) is 5.63. The molecule has 1 aliphatic rings. The van der Waals surface area contributed by atoms with Gasteiger partial charge >= 0.3 is 0 Å². The Morgan fingerprint density at radius 1 is 1.07 bits per heavy atom. The Hall–Kier alpha value is -4.28. The number of amides is 1. The van der Waals surface area contributed by atoms with Crippen LogP contribution < -0.4 is 20.3 Å². The van der Waals surface area contributed by atoms with Gasteiger partial charge in [-0.05, 0) is 92.3 Å². The third-order valence-electron chi connectivity index (χ3n) is 6.98. The van der Waals surface area contributed by atoms with Crippen molar-refractivity contribution in [2.75, 3.05) is 31.0 Å². The number of carbonyl (C=O) groups excluding carboxylic acids is 1. The van der Waals surface area contributed by atoms with Crippen molar-refractivity contribution < 1.29 is 18.7 Å². The molecule has 206 valence electrons. The predicted molar refractivity (Wildman–Crippen MR) is 157 cm³/mol. The van der Waals surface area contributed by atoms with Crippen molar-refractivity contribution >= 4 is 34.6 Å². The molecular weight excluding hydrogens is 529 g/mol. The number of methoxy groups -OCH3 is 2. The molecule has 5 rings (SSSR count). The molecule has 0 aliphatic carbocycles. The van der Waals surface area contributed by atoms with Crippen molar-refractivity contribution in [1.29, 1.82) is 0 Å². The summed E-state index contributed by atoms with van der Waals surface area (Å²) in [5.41, 5.74) is 6.00. The van der Waals surface area contributed by atoms with E-state index in [1.54, 1.807) is 31.5 Å². The molecule has 2 aromatic carbocycles. The number of carbonyl (C=O) groups is 1. The molecule has 0 spiro atoms. The number of thiocarbonyl (C=S) groups is 1. The van der Waals surface area contributed by atoms with Crippen LogP contribution in [0.25, 0.3) is 5.69 Å². The largest absolute Gasteiger partial charge is 0.495 e. The van der Waals surface area contributed by atoms with Crippen LogP contribution >= 0.6 is 12.2 Å². The van der Waals surface area contributed by atoms with Gasteiger partial charge in [-0.3, -0.25) is 9.78 Å². The van der Waals surface area contributed by atoms with Crippen molar-refractivity contribution in [2.45, 2.75) is 25.9 Å². The van der Waals surface area contributed by atoms with Gasteiger partial charge in [0.1, 0.15) is 18.2 Å². The third kappa shape index (κ3) is 5.15. The first-order valence-corrected chi connectivity index (χ1v) is 13.2. The molecule has 10 heteroatoms. The molecule has 4 aromatic rings. The monoisotopic (exact) mass is 559 g/mol. The lowest BCUT2D eigenvalue weighted by molar-refractivity contribution is -0.119. The second-order valence-electron chi connectivity index (χ2n) is 9.50. The molecule has 0 radical (unpaired) electrons. The van der Waals surface area contributed by atoms with Crippen molar-refractivity contribution in [3.63, 3.8) is 0 Å². The van der Waals surface area contributed by atoms with Gasteiger partial charge in [0.15, 0.2) is 5.11 Å². The average Bonchev–Trinajstić information content (AvgIpc) is 3.44. The summed E-state index contributed by atoms with van der Waals surface area (Å²) in [6, 6.07) is 19.4. The summed E-state index contributed by atoms with van der Waals surface area (Å²) >= 11 is 5.90. The fourth-order valence-electron chi connectivity index (χ4n) is 5.28. The summed E-state index contributed by atoms with van der Waals surface area (Å²) in [6.07, 6.45) is 1.76. The smallest absolute Gasteiger partial charge is 0.250 e. The van der Waals surface area contributed by atoms with Crippen molar-refractivity contribution in [2.24, 2.45) is 0 Å². The Morgan fingerprint density at radius 2 is 1.82 bits per heavy atom. The van der Waals surface area contributed by atoms with Gasteiger partial charge in [-0.1, -0.05) is 6.07 Å².